The molecule has 3 rings (SSSR count). The van der Waals surface area contributed by atoms with Gasteiger partial charge in [-0.15, -0.1) is 0 Å². The van der Waals surface area contributed by atoms with Crippen LogP contribution in [0.3, 0.4) is 0 Å². The van der Waals surface area contributed by atoms with Crippen LogP contribution in [0, 0.1) is 5.92 Å². The van der Waals surface area contributed by atoms with E-state index < -0.39 is 0 Å². The van der Waals surface area contributed by atoms with Gasteiger partial charge in [-0.25, -0.2) is 0 Å². The minimum atomic E-state index is 0.0579. The molecular weight excluding hydrogens is 238 g/mol. The number of carbonyl (C=O) groups excluding carboxylic acids is 1. The highest BCUT2D eigenvalue weighted by atomic mass is 16.1. The number of amides is 1. The van der Waals surface area contributed by atoms with Gasteiger partial charge in [0.05, 0.1) is 12.2 Å². The van der Waals surface area contributed by atoms with Gasteiger partial charge >= 0.3 is 0 Å². The van der Waals surface area contributed by atoms with Crippen molar-refractivity contribution in [3.05, 3.63) is 17.5 Å². The number of carbonyl (C=O) groups is 1. The van der Waals surface area contributed by atoms with Gasteiger partial charge in [-0.1, -0.05) is 13.8 Å². The van der Waals surface area contributed by atoms with Crippen LogP contribution in [0.15, 0.2) is 6.07 Å². The number of nitrogens with one attached hydrogen (secondary N) is 1. The molecule has 0 bridgehead atoms. The van der Waals surface area contributed by atoms with Gasteiger partial charge < -0.3 is 5.32 Å². The summed E-state index contributed by atoms with van der Waals surface area (Å²) in [5.74, 6) is 1.62. The number of hydrogen-bond donors (Lipinski definition) is 1. The number of hydrogen-bond acceptors (Lipinski definition) is 2. The van der Waals surface area contributed by atoms with Crippen LogP contribution < -0.4 is 5.32 Å². The van der Waals surface area contributed by atoms with Crippen molar-refractivity contribution in [2.75, 3.05) is 6.54 Å². The average Bonchev–Trinajstić information content (AvgIpc) is 3.28. The molecule has 1 N–H and O–H groups in total. The van der Waals surface area contributed by atoms with E-state index in [1.807, 2.05) is 13.8 Å². The Morgan fingerprint density at radius 3 is 2.63 bits per heavy atom. The molecule has 1 amide bonds. The van der Waals surface area contributed by atoms with Crippen LogP contribution in [0.25, 0.3) is 0 Å². The predicted octanol–water partition coefficient (Wildman–Crippen LogP) is 2.41. The van der Waals surface area contributed by atoms with Crippen LogP contribution >= 0.6 is 0 Å². The second-order valence-corrected chi connectivity index (χ2v) is 6.21. The Balaban J connectivity index is 1.61. The van der Waals surface area contributed by atoms with Gasteiger partial charge in [0.1, 0.15) is 0 Å². The minimum Gasteiger partial charge on any atom is -0.354 e. The molecule has 2 aliphatic rings. The summed E-state index contributed by atoms with van der Waals surface area (Å²) in [5, 5.41) is 7.71. The maximum Gasteiger partial charge on any atom is 0.222 e. The summed E-state index contributed by atoms with van der Waals surface area (Å²) in [6, 6.07) is 2.31. The van der Waals surface area contributed by atoms with Crippen molar-refractivity contribution >= 4 is 5.91 Å². The highest BCUT2D eigenvalue weighted by Gasteiger charge is 2.32. The van der Waals surface area contributed by atoms with Crippen LogP contribution in [-0.2, 0) is 11.3 Å². The molecule has 1 aromatic rings. The van der Waals surface area contributed by atoms with Crippen molar-refractivity contribution in [3.63, 3.8) is 0 Å². The van der Waals surface area contributed by atoms with Crippen LogP contribution in [0.2, 0.25) is 0 Å². The Morgan fingerprint density at radius 2 is 2.05 bits per heavy atom. The number of rotatable bonds is 6. The first-order valence-corrected chi connectivity index (χ1v) is 7.50. The van der Waals surface area contributed by atoms with Gasteiger partial charge in [0.25, 0.3) is 0 Å². The fourth-order valence-corrected chi connectivity index (χ4v) is 2.41. The highest BCUT2D eigenvalue weighted by molar-refractivity contribution is 5.77. The van der Waals surface area contributed by atoms with Crippen LogP contribution in [-0.4, -0.2) is 22.2 Å². The van der Waals surface area contributed by atoms with E-state index in [0.717, 1.165) is 12.5 Å². The molecule has 4 heteroatoms. The Bertz CT molecular complexity index is 470. The lowest BCUT2D eigenvalue weighted by atomic mass is 10.2. The lowest BCUT2D eigenvalue weighted by Gasteiger charge is -2.09. The molecule has 0 spiro atoms. The monoisotopic (exact) mass is 261 g/mol. The van der Waals surface area contributed by atoms with Crippen molar-refractivity contribution in [1.29, 1.82) is 0 Å². The first kappa shape index (κ1) is 12.7. The quantitative estimate of drug-likeness (QED) is 0.854. The molecule has 2 aliphatic carbocycles. The third-order valence-electron chi connectivity index (χ3n) is 3.97. The van der Waals surface area contributed by atoms with Crippen molar-refractivity contribution in [3.8, 4) is 0 Å². The summed E-state index contributed by atoms with van der Waals surface area (Å²) >= 11 is 0. The maximum atomic E-state index is 11.5. The summed E-state index contributed by atoms with van der Waals surface area (Å²) in [6.07, 6.45) is 5.19. The van der Waals surface area contributed by atoms with Gasteiger partial charge in [0.15, 0.2) is 0 Å². The van der Waals surface area contributed by atoms with Crippen LogP contribution in [0.1, 0.15) is 62.8 Å². The molecule has 4 nitrogen and oxygen atoms in total. The van der Waals surface area contributed by atoms with E-state index in [1.165, 1.54) is 37.1 Å². The van der Waals surface area contributed by atoms with E-state index in [0.29, 0.717) is 12.5 Å². The highest BCUT2D eigenvalue weighted by Crippen LogP contribution is 2.44. The van der Waals surface area contributed by atoms with Crippen molar-refractivity contribution in [1.82, 2.24) is 15.1 Å². The average molecular weight is 261 g/mol. The summed E-state index contributed by atoms with van der Waals surface area (Å²) in [4.78, 5) is 11.5. The zero-order chi connectivity index (χ0) is 13.4. The van der Waals surface area contributed by atoms with Gasteiger partial charge in [-0.3, -0.25) is 9.48 Å². The molecule has 104 valence electrons. The smallest absolute Gasteiger partial charge is 0.222 e. The third-order valence-corrected chi connectivity index (χ3v) is 3.97. The standard InChI is InChI=1S/C15H23N3O/c1-10(2)15(19)16-7-8-18-14(12-5-6-12)9-13(17-18)11-3-4-11/h9-12H,3-8H2,1-2H3,(H,16,19). The van der Waals surface area contributed by atoms with Crippen molar-refractivity contribution in [2.45, 2.75) is 57.9 Å². The molecule has 2 fully saturated rings. The van der Waals surface area contributed by atoms with Crippen molar-refractivity contribution in [2.24, 2.45) is 5.92 Å². The summed E-state index contributed by atoms with van der Waals surface area (Å²) < 4.78 is 2.13. The molecule has 19 heavy (non-hydrogen) atoms. The molecular formula is C15H23N3O. The number of nitrogens with zero attached hydrogens (tertiary/aromatic N) is 2. The fourth-order valence-electron chi connectivity index (χ4n) is 2.41. The second-order valence-electron chi connectivity index (χ2n) is 6.21. The van der Waals surface area contributed by atoms with E-state index in [-0.39, 0.29) is 11.8 Å². The normalized spacial score (nSPS) is 18.9. The molecule has 1 aromatic heterocycles. The van der Waals surface area contributed by atoms with E-state index in [1.54, 1.807) is 0 Å². The zero-order valence-electron chi connectivity index (χ0n) is 11.9. The summed E-state index contributed by atoms with van der Waals surface area (Å²) in [7, 11) is 0. The Labute approximate surface area is 114 Å². The molecule has 0 aromatic carbocycles. The van der Waals surface area contributed by atoms with Gasteiger partial charge in [-0.2, -0.15) is 5.10 Å². The van der Waals surface area contributed by atoms with Gasteiger partial charge in [0, 0.05) is 30.0 Å². The molecule has 0 atom stereocenters. The first-order valence-electron chi connectivity index (χ1n) is 7.50. The summed E-state index contributed by atoms with van der Waals surface area (Å²) in [6.45, 7) is 5.33. The molecule has 1 heterocycles. The topological polar surface area (TPSA) is 46.9 Å². The van der Waals surface area contributed by atoms with E-state index in [4.69, 9.17) is 5.10 Å². The Morgan fingerprint density at radius 1 is 1.37 bits per heavy atom. The molecule has 0 unspecified atom stereocenters. The molecule has 2 saturated carbocycles. The van der Waals surface area contributed by atoms with Gasteiger partial charge in [0.2, 0.25) is 5.91 Å². The molecule has 0 saturated heterocycles. The van der Waals surface area contributed by atoms with E-state index >= 15 is 0 Å². The molecule has 0 aliphatic heterocycles. The first-order chi connectivity index (χ1) is 9.15. The maximum absolute atomic E-state index is 11.5. The Hall–Kier alpha value is -1.32. The van der Waals surface area contributed by atoms with E-state index in [9.17, 15) is 4.79 Å². The lowest BCUT2D eigenvalue weighted by Crippen LogP contribution is -2.31. The zero-order valence-corrected chi connectivity index (χ0v) is 11.9. The van der Waals surface area contributed by atoms with E-state index in [2.05, 4.69) is 16.1 Å². The van der Waals surface area contributed by atoms with Crippen molar-refractivity contribution < 1.29 is 4.79 Å². The van der Waals surface area contributed by atoms with Crippen LogP contribution in [0.5, 0.6) is 0 Å². The van der Waals surface area contributed by atoms with Crippen LogP contribution in [0.4, 0.5) is 0 Å². The number of aromatic nitrogens is 2. The largest absolute Gasteiger partial charge is 0.354 e. The summed E-state index contributed by atoms with van der Waals surface area (Å²) in [5.41, 5.74) is 2.66. The SMILES string of the molecule is CC(C)C(=O)NCCn1nc(C2CC2)cc1C1CC1. The Kier molecular flexibility index (Phi) is 3.33. The molecule has 0 radical (unpaired) electrons. The minimum absolute atomic E-state index is 0.0579. The third kappa shape index (κ3) is 2.99. The second kappa shape index (κ2) is 4.99. The fraction of sp³-hybridized carbons (Fsp3) is 0.733. The predicted molar refractivity (Wildman–Crippen MR) is 74.0 cm³/mol. The lowest BCUT2D eigenvalue weighted by molar-refractivity contribution is -0.124. The van der Waals surface area contributed by atoms with Gasteiger partial charge in [-0.05, 0) is 31.7 Å².